The molecule has 2 aromatic carbocycles. The molecule has 0 saturated heterocycles. The maximum Gasteiger partial charge on any atom is 0.252 e. The maximum absolute atomic E-state index is 6.44. The lowest BCUT2D eigenvalue weighted by molar-refractivity contribution is 0.308. The van der Waals surface area contributed by atoms with E-state index in [4.69, 9.17) is 4.43 Å². The van der Waals surface area contributed by atoms with Crippen molar-refractivity contribution in [1.29, 1.82) is 0 Å². The Morgan fingerprint density at radius 2 is 1.30 bits per heavy atom. The quantitative estimate of drug-likeness (QED) is 0.558. The lowest BCUT2D eigenvalue weighted by Crippen LogP contribution is -2.58. The molecule has 0 heterocycles. The zero-order valence-electron chi connectivity index (χ0n) is 12.5. The van der Waals surface area contributed by atoms with Gasteiger partial charge in [0.2, 0.25) is 0 Å². The van der Waals surface area contributed by atoms with Gasteiger partial charge >= 0.3 is 0 Å². The van der Waals surface area contributed by atoms with E-state index in [0.717, 1.165) is 13.0 Å². The van der Waals surface area contributed by atoms with Crippen LogP contribution in [0.5, 0.6) is 0 Å². The molecule has 1 nitrogen and oxygen atoms in total. The Morgan fingerprint density at radius 3 is 1.75 bits per heavy atom. The number of unbranched alkanes of at least 4 members (excludes halogenated alkanes) is 2. The van der Waals surface area contributed by atoms with Gasteiger partial charge in [0.05, 0.1) is 0 Å². The second-order valence-corrected chi connectivity index (χ2v) is 8.83. The van der Waals surface area contributed by atoms with Crippen LogP contribution in [0.2, 0.25) is 6.55 Å². The standard InChI is InChI=1S/C18H24OSi/c1-3-4-11-16-19-20(2,17-12-7-5-8-13-17)18-14-9-6-10-15-18/h5-10,12-15H,3-4,11,16H2,1-2H3. The second-order valence-electron chi connectivity index (χ2n) is 5.32. The van der Waals surface area contributed by atoms with Crippen molar-refractivity contribution in [2.45, 2.75) is 32.7 Å². The third-order valence-electron chi connectivity index (χ3n) is 3.79. The van der Waals surface area contributed by atoms with Gasteiger partial charge in [0.1, 0.15) is 0 Å². The highest BCUT2D eigenvalue weighted by Crippen LogP contribution is 2.09. The summed E-state index contributed by atoms with van der Waals surface area (Å²) in [5.74, 6) is 0. The van der Waals surface area contributed by atoms with Crippen LogP contribution >= 0.6 is 0 Å². The average Bonchev–Trinajstić information content (AvgIpc) is 2.53. The molecule has 0 atom stereocenters. The molecule has 0 spiro atoms. The zero-order valence-corrected chi connectivity index (χ0v) is 13.5. The summed E-state index contributed by atoms with van der Waals surface area (Å²) in [5, 5.41) is 2.70. The fourth-order valence-corrected chi connectivity index (χ4v) is 5.35. The molecule has 0 aliphatic rings. The predicted octanol–water partition coefficient (Wildman–Crippen LogP) is 3.58. The molecule has 0 aliphatic carbocycles. The second kappa shape index (κ2) is 7.41. The van der Waals surface area contributed by atoms with Crippen molar-refractivity contribution in [3.05, 3.63) is 60.7 Å². The molecule has 0 unspecified atom stereocenters. The fourth-order valence-electron chi connectivity index (χ4n) is 2.47. The Bertz CT molecular complexity index is 456. The molecule has 2 aromatic rings. The summed E-state index contributed by atoms with van der Waals surface area (Å²) < 4.78 is 6.44. The van der Waals surface area contributed by atoms with Crippen molar-refractivity contribution in [2.75, 3.05) is 6.61 Å². The minimum atomic E-state index is -2.05. The number of rotatable bonds is 7. The first-order valence-electron chi connectivity index (χ1n) is 7.52. The van der Waals surface area contributed by atoms with Crippen molar-refractivity contribution >= 4 is 18.7 Å². The molecule has 0 bridgehead atoms. The first-order chi connectivity index (χ1) is 9.77. The zero-order chi connectivity index (χ0) is 14.3. The van der Waals surface area contributed by atoms with E-state index < -0.39 is 8.32 Å². The van der Waals surface area contributed by atoms with Crippen LogP contribution < -0.4 is 10.4 Å². The number of hydrogen-bond acceptors (Lipinski definition) is 1. The van der Waals surface area contributed by atoms with Crippen molar-refractivity contribution in [3.8, 4) is 0 Å². The van der Waals surface area contributed by atoms with Gasteiger partial charge < -0.3 is 4.43 Å². The Hall–Kier alpha value is -1.38. The van der Waals surface area contributed by atoms with Gasteiger partial charge in [-0.3, -0.25) is 0 Å². The topological polar surface area (TPSA) is 9.23 Å². The lowest BCUT2D eigenvalue weighted by Gasteiger charge is -2.28. The first kappa shape index (κ1) is 15.0. The summed E-state index contributed by atoms with van der Waals surface area (Å²) in [6.07, 6.45) is 3.63. The van der Waals surface area contributed by atoms with Gasteiger partial charge in [-0.1, -0.05) is 80.4 Å². The summed E-state index contributed by atoms with van der Waals surface area (Å²) in [6.45, 7) is 5.40. The van der Waals surface area contributed by atoms with E-state index in [0.29, 0.717) is 0 Å². The monoisotopic (exact) mass is 284 g/mol. The van der Waals surface area contributed by atoms with Gasteiger partial charge in [-0.05, 0) is 23.3 Å². The van der Waals surface area contributed by atoms with Crippen LogP contribution in [-0.4, -0.2) is 14.9 Å². The largest absolute Gasteiger partial charge is 0.408 e. The highest BCUT2D eigenvalue weighted by atomic mass is 28.4. The Kier molecular flexibility index (Phi) is 5.56. The van der Waals surface area contributed by atoms with Crippen LogP contribution in [0.3, 0.4) is 0 Å². The third kappa shape index (κ3) is 3.59. The van der Waals surface area contributed by atoms with Crippen molar-refractivity contribution < 1.29 is 4.43 Å². The van der Waals surface area contributed by atoms with Gasteiger partial charge in [0, 0.05) is 6.61 Å². The molecule has 20 heavy (non-hydrogen) atoms. The van der Waals surface area contributed by atoms with Crippen LogP contribution in [0.15, 0.2) is 60.7 Å². The molecule has 106 valence electrons. The van der Waals surface area contributed by atoms with E-state index in [1.165, 1.54) is 23.2 Å². The summed E-state index contributed by atoms with van der Waals surface area (Å²) in [7, 11) is -2.05. The summed E-state index contributed by atoms with van der Waals surface area (Å²) in [4.78, 5) is 0. The molecule has 2 rings (SSSR count). The minimum Gasteiger partial charge on any atom is -0.408 e. The van der Waals surface area contributed by atoms with E-state index in [2.05, 4.69) is 74.1 Å². The summed E-state index contributed by atoms with van der Waals surface area (Å²) >= 11 is 0. The van der Waals surface area contributed by atoms with E-state index in [-0.39, 0.29) is 0 Å². The highest BCUT2D eigenvalue weighted by Gasteiger charge is 2.33. The molecule has 0 N–H and O–H groups in total. The van der Waals surface area contributed by atoms with Gasteiger partial charge in [-0.2, -0.15) is 0 Å². The van der Waals surface area contributed by atoms with Crippen LogP contribution in [0.25, 0.3) is 0 Å². The molecule has 0 fully saturated rings. The fraction of sp³-hybridized carbons (Fsp3) is 0.333. The van der Waals surface area contributed by atoms with Gasteiger partial charge in [0.25, 0.3) is 8.32 Å². The Morgan fingerprint density at radius 1 is 0.800 bits per heavy atom. The highest BCUT2D eigenvalue weighted by molar-refractivity contribution is 6.96. The minimum absolute atomic E-state index is 0.861. The molecule has 0 radical (unpaired) electrons. The molecular weight excluding hydrogens is 260 g/mol. The Balaban J connectivity index is 2.24. The van der Waals surface area contributed by atoms with Crippen LogP contribution in [0.1, 0.15) is 26.2 Å². The SMILES string of the molecule is CCCCCO[Si](C)(c1ccccc1)c1ccccc1. The predicted molar refractivity (Wildman–Crippen MR) is 89.2 cm³/mol. The lowest BCUT2D eigenvalue weighted by atomic mass is 10.3. The smallest absolute Gasteiger partial charge is 0.252 e. The van der Waals surface area contributed by atoms with Gasteiger partial charge in [-0.15, -0.1) is 0 Å². The molecule has 0 aromatic heterocycles. The normalized spacial score (nSPS) is 11.5. The average molecular weight is 284 g/mol. The van der Waals surface area contributed by atoms with Crippen LogP contribution in [0, 0.1) is 0 Å². The van der Waals surface area contributed by atoms with Crippen molar-refractivity contribution in [3.63, 3.8) is 0 Å². The molecule has 2 heteroatoms. The van der Waals surface area contributed by atoms with Crippen molar-refractivity contribution in [1.82, 2.24) is 0 Å². The van der Waals surface area contributed by atoms with Crippen LogP contribution in [-0.2, 0) is 4.43 Å². The van der Waals surface area contributed by atoms with Gasteiger partial charge in [0.15, 0.2) is 0 Å². The summed E-state index contributed by atoms with van der Waals surface area (Å²) in [6, 6.07) is 21.4. The molecular formula is C18H24OSi. The van der Waals surface area contributed by atoms with Crippen LogP contribution in [0.4, 0.5) is 0 Å². The molecule has 0 amide bonds. The number of hydrogen-bond donors (Lipinski definition) is 0. The van der Waals surface area contributed by atoms with E-state index in [1.807, 2.05) is 0 Å². The number of benzene rings is 2. The van der Waals surface area contributed by atoms with E-state index in [9.17, 15) is 0 Å². The Labute approximate surface area is 123 Å². The molecule has 0 aliphatic heterocycles. The maximum atomic E-state index is 6.44. The van der Waals surface area contributed by atoms with E-state index >= 15 is 0 Å². The summed E-state index contributed by atoms with van der Waals surface area (Å²) in [5.41, 5.74) is 0. The van der Waals surface area contributed by atoms with Gasteiger partial charge in [-0.25, -0.2) is 0 Å². The van der Waals surface area contributed by atoms with E-state index in [1.54, 1.807) is 0 Å². The third-order valence-corrected chi connectivity index (χ3v) is 7.44. The molecule has 0 saturated carbocycles. The first-order valence-corrected chi connectivity index (χ1v) is 9.93. The van der Waals surface area contributed by atoms with Crippen molar-refractivity contribution in [2.24, 2.45) is 0 Å².